The van der Waals surface area contributed by atoms with E-state index in [1.807, 2.05) is 75.4 Å². The van der Waals surface area contributed by atoms with Crippen LogP contribution in [0.15, 0.2) is 42.0 Å². The van der Waals surface area contributed by atoms with Gasteiger partial charge in [0.2, 0.25) is 17.7 Å². The van der Waals surface area contributed by atoms with E-state index in [0.29, 0.717) is 32.0 Å². The summed E-state index contributed by atoms with van der Waals surface area (Å²) >= 11 is 1.58. The third kappa shape index (κ3) is 8.06. The zero-order valence-corrected chi connectivity index (χ0v) is 28.5. The highest BCUT2D eigenvalue weighted by molar-refractivity contribution is 7.13. The van der Waals surface area contributed by atoms with Crippen molar-refractivity contribution in [1.82, 2.24) is 35.6 Å². The average Bonchev–Trinajstić information content (AvgIpc) is 3.65. The first kappa shape index (κ1) is 34.2. The van der Waals surface area contributed by atoms with E-state index < -0.39 is 23.6 Å². The molecule has 252 valence electrons. The van der Waals surface area contributed by atoms with E-state index in [9.17, 15) is 19.5 Å². The monoisotopic (exact) mass is 663 g/mol. The van der Waals surface area contributed by atoms with Crippen LogP contribution in [0, 0.1) is 12.3 Å². The van der Waals surface area contributed by atoms with Crippen LogP contribution in [-0.2, 0) is 14.4 Å². The normalized spacial score (nSPS) is 20.1. The van der Waals surface area contributed by atoms with Gasteiger partial charge in [-0.25, -0.2) is 4.98 Å². The van der Waals surface area contributed by atoms with Crippen molar-refractivity contribution in [3.05, 3.63) is 53.3 Å². The van der Waals surface area contributed by atoms with Gasteiger partial charge in [-0.05, 0) is 36.5 Å². The van der Waals surface area contributed by atoms with Crippen molar-refractivity contribution in [2.45, 2.75) is 65.3 Å². The average molecular weight is 664 g/mol. The number of piperazine rings is 1. The Morgan fingerprint density at radius 1 is 1.09 bits per heavy atom. The van der Waals surface area contributed by atoms with E-state index >= 15 is 0 Å². The Labute approximate surface area is 279 Å². The minimum Gasteiger partial charge on any atom is -0.391 e. The Balaban J connectivity index is 1.19. The smallest absolute Gasteiger partial charge is 0.246 e. The Hall–Kier alpha value is -4.14. The van der Waals surface area contributed by atoms with Crippen molar-refractivity contribution >= 4 is 40.6 Å². The van der Waals surface area contributed by atoms with Gasteiger partial charge in [0.05, 0.1) is 46.7 Å². The number of nitrogens with two attached hydrogens (primary N) is 1. The first-order valence-electron chi connectivity index (χ1n) is 15.9. The zero-order valence-electron chi connectivity index (χ0n) is 27.6. The number of anilines is 2. The van der Waals surface area contributed by atoms with Gasteiger partial charge in [-0.3, -0.25) is 19.3 Å². The highest BCUT2D eigenvalue weighted by Crippen LogP contribution is 2.30. The third-order valence-electron chi connectivity index (χ3n) is 8.87. The number of hydrogen-bond acceptors (Lipinski definition) is 11. The van der Waals surface area contributed by atoms with Crippen LogP contribution >= 0.6 is 11.3 Å². The number of nitrogens with one attached hydrogen (secondary N) is 2. The molecule has 2 aliphatic heterocycles. The number of amides is 3. The van der Waals surface area contributed by atoms with Gasteiger partial charge >= 0.3 is 0 Å². The predicted molar refractivity (Wildman–Crippen MR) is 181 cm³/mol. The zero-order chi connectivity index (χ0) is 33.9. The maximum atomic E-state index is 14.0. The molecule has 3 amide bonds. The maximum Gasteiger partial charge on any atom is 0.246 e. The minimum absolute atomic E-state index is 0.0194. The van der Waals surface area contributed by atoms with Crippen LogP contribution in [0.2, 0.25) is 0 Å². The SMILES string of the molecule is Cc1ncsc1-c1ccc(C(C)NC(=O)[C@@H]2C[C@@H](O)CN2C(=O)C(NC(=O)CN2CCN(c3ccnnc3N)CC2)C(C)(C)C)cc1. The van der Waals surface area contributed by atoms with Gasteiger partial charge in [0, 0.05) is 39.1 Å². The van der Waals surface area contributed by atoms with E-state index in [1.54, 1.807) is 17.5 Å². The van der Waals surface area contributed by atoms with E-state index in [1.165, 1.54) is 4.90 Å². The number of carbonyl (C=O) groups is 3. The molecule has 47 heavy (non-hydrogen) atoms. The van der Waals surface area contributed by atoms with Gasteiger partial charge in [0.15, 0.2) is 5.82 Å². The Morgan fingerprint density at radius 2 is 1.79 bits per heavy atom. The fourth-order valence-electron chi connectivity index (χ4n) is 6.18. The van der Waals surface area contributed by atoms with Gasteiger partial charge in [-0.1, -0.05) is 45.0 Å². The van der Waals surface area contributed by atoms with Crippen molar-refractivity contribution in [3.8, 4) is 10.4 Å². The number of aliphatic hydroxyl groups is 1. The van der Waals surface area contributed by atoms with Crippen LogP contribution < -0.4 is 21.3 Å². The van der Waals surface area contributed by atoms with Crippen molar-refractivity contribution in [1.29, 1.82) is 0 Å². The summed E-state index contributed by atoms with van der Waals surface area (Å²) in [5.74, 6) is -0.630. The van der Waals surface area contributed by atoms with Crippen molar-refractivity contribution < 1.29 is 19.5 Å². The van der Waals surface area contributed by atoms with E-state index in [-0.39, 0.29) is 43.3 Å². The number of β-amino-alcohol motifs (C(OH)–C–C–N with tert-alkyl or cyclic N) is 1. The Bertz CT molecular complexity index is 1570. The lowest BCUT2D eigenvalue weighted by Crippen LogP contribution is -2.59. The topological polar surface area (TPSA) is 170 Å². The summed E-state index contributed by atoms with van der Waals surface area (Å²) in [5.41, 5.74) is 10.9. The molecule has 0 bridgehead atoms. The van der Waals surface area contributed by atoms with Crippen LogP contribution in [0.25, 0.3) is 10.4 Å². The van der Waals surface area contributed by atoms with Crippen LogP contribution in [0.1, 0.15) is 51.4 Å². The molecule has 0 aliphatic carbocycles. The Kier molecular flexibility index (Phi) is 10.4. The molecule has 0 radical (unpaired) electrons. The first-order chi connectivity index (χ1) is 22.3. The van der Waals surface area contributed by atoms with Crippen molar-refractivity contribution in [3.63, 3.8) is 0 Å². The molecule has 3 aromatic rings. The molecule has 4 heterocycles. The molecular weight excluding hydrogens is 618 g/mol. The van der Waals surface area contributed by atoms with Gasteiger partial charge in [0.25, 0.3) is 0 Å². The molecule has 14 heteroatoms. The molecule has 5 rings (SSSR count). The maximum absolute atomic E-state index is 14.0. The number of aromatic nitrogens is 3. The quantitative estimate of drug-likeness (QED) is 0.266. The summed E-state index contributed by atoms with van der Waals surface area (Å²) in [7, 11) is 0. The van der Waals surface area contributed by atoms with Crippen molar-refractivity contribution in [2.75, 3.05) is 49.9 Å². The van der Waals surface area contributed by atoms with Crippen LogP contribution in [0.5, 0.6) is 0 Å². The predicted octanol–water partition coefficient (Wildman–Crippen LogP) is 1.98. The van der Waals surface area contributed by atoms with E-state index in [2.05, 4.69) is 30.7 Å². The highest BCUT2D eigenvalue weighted by Gasteiger charge is 2.44. The largest absolute Gasteiger partial charge is 0.391 e. The summed E-state index contributed by atoms with van der Waals surface area (Å²) in [6.45, 7) is 12.3. The van der Waals surface area contributed by atoms with Crippen LogP contribution in [0.3, 0.4) is 0 Å². The molecule has 2 saturated heterocycles. The van der Waals surface area contributed by atoms with Gasteiger partial charge in [0.1, 0.15) is 12.1 Å². The molecule has 2 aromatic heterocycles. The molecular formula is C33H45N9O4S. The number of nitrogens with zero attached hydrogens (tertiary/aromatic N) is 6. The molecule has 5 N–H and O–H groups in total. The number of aliphatic hydroxyl groups excluding tert-OH is 1. The molecule has 4 atom stereocenters. The second-order valence-electron chi connectivity index (χ2n) is 13.4. The van der Waals surface area contributed by atoms with Crippen LogP contribution in [0.4, 0.5) is 11.5 Å². The molecule has 2 fully saturated rings. The van der Waals surface area contributed by atoms with Gasteiger partial charge < -0.3 is 31.3 Å². The second kappa shape index (κ2) is 14.3. The number of aryl methyl sites for hydroxylation is 1. The number of benzene rings is 1. The lowest BCUT2D eigenvalue weighted by atomic mass is 9.85. The number of thiazole rings is 1. The summed E-state index contributed by atoms with van der Waals surface area (Å²) in [6.07, 6.45) is 0.887. The summed E-state index contributed by atoms with van der Waals surface area (Å²) in [6, 6.07) is 7.74. The number of carbonyl (C=O) groups excluding carboxylic acids is 3. The molecule has 2 aliphatic rings. The molecule has 0 saturated carbocycles. The minimum atomic E-state index is -0.889. The summed E-state index contributed by atoms with van der Waals surface area (Å²) < 4.78 is 0. The molecule has 1 aromatic carbocycles. The van der Waals surface area contributed by atoms with Crippen molar-refractivity contribution in [2.24, 2.45) is 5.41 Å². The molecule has 0 spiro atoms. The van der Waals surface area contributed by atoms with E-state index in [4.69, 9.17) is 5.73 Å². The molecule has 2 unspecified atom stereocenters. The number of hydrogen-bond donors (Lipinski definition) is 4. The standard InChI is InChI=1S/C33H45N9O4S/c1-20(22-6-8-23(9-7-22)28-21(2)35-19-47-28)37-31(45)26-16-24(43)17-42(26)32(46)29(33(3,4)5)38-27(44)18-40-12-14-41(15-13-40)25-10-11-36-39-30(25)34/h6-11,19-20,24,26,29,43H,12-18H2,1-5H3,(H2,34,39)(H,37,45)(H,38,44)/t20?,24-,26+,29?/m1/s1. The fraction of sp³-hybridized carbons (Fsp3) is 0.515. The lowest BCUT2D eigenvalue weighted by Gasteiger charge is -2.37. The third-order valence-corrected chi connectivity index (χ3v) is 9.84. The fourth-order valence-corrected chi connectivity index (χ4v) is 6.99. The number of nitrogen functional groups attached to an aromatic ring is 1. The van der Waals surface area contributed by atoms with Gasteiger partial charge in [-0.15, -0.1) is 16.4 Å². The second-order valence-corrected chi connectivity index (χ2v) is 14.3. The summed E-state index contributed by atoms with van der Waals surface area (Å²) in [4.78, 5) is 51.9. The van der Waals surface area contributed by atoms with E-state index in [0.717, 1.165) is 27.4 Å². The van der Waals surface area contributed by atoms with Crippen LogP contribution in [-0.4, -0.2) is 105 Å². The first-order valence-corrected chi connectivity index (χ1v) is 16.8. The Morgan fingerprint density at radius 3 is 2.40 bits per heavy atom. The highest BCUT2D eigenvalue weighted by atomic mass is 32.1. The molecule has 13 nitrogen and oxygen atoms in total. The number of likely N-dealkylation sites (tertiary alicyclic amines) is 1. The van der Waals surface area contributed by atoms with Gasteiger partial charge in [-0.2, -0.15) is 5.10 Å². The lowest BCUT2D eigenvalue weighted by molar-refractivity contribution is -0.144. The summed E-state index contributed by atoms with van der Waals surface area (Å²) in [5, 5.41) is 24.3. The number of rotatable bonds is 9.